The molecule has 10 nitrogen and oxygen atoms in total. The minimum absolute atomic E-state index is 0.0583. The van der Waals surface area contributed by atoms with Gasteiger partial charge in [0.2, 0.25) is 0 Å². The first-order chi connectivity index (χ1) is 17.9. The van der Waals surface area contributed by atoms with Crippen LogP contribution >= 0.6 is 11.6 Å². The number of nitrogens with zero attached hydrogens (tertiary/aromatic N) is 7. The van der Waals surface area contributed by atoms with Crippen molar-refractivity contribution in [3.63, 3.8) is 0 Å². The Morgan fingerprint density at radius 1 is 1.03 bits per heavy atom. The minimum atomic E-state index is -2.98. The average molecular weight is 554 g/mol. The second-order valence-corrected chi connectivity index (χ2v) is 9.53. The summed E-state index contributed by atoms with van der Waals surface area (Å²) in [5, 5.41) is 3.14. The van der Waals surface area contributed by atoms with Gasteiger partial charge in [-0.15, -0.1) is 0 Å². The molecular formula is C23H20ClF4N7O3. The van der Waals surface area contributed by atoms with E-state index in [0.29, 0.717) is 0 Å². The predicted molar refractivity (Wildman–Crippen MR) is 130 cm³/mol. The molecule has 0 amide bonds. The third-order valence-electron chi connectivity index (χ3n) is 6.42. The highest BCUT2D eigenvalue weighted by molar-refractivity contribution is 6.30. The largest absolute Gasteiger partial charge is 0.352 e. The Bertz CT molecular complexity index is 1750. The highest BCUT2D eigenvalue weighted by atomic mass is 35.5. The van der Waals surface area contributed by atoms with Crippen LogP contribution in [-0.2, 0) is 27.2 Å². The smallest absolute Gasteiger partial charge is 0.332 e. The zero-order valence-electron chi connectivity index (χ0n) is 20.1. The van der Waals surface area contributed by atoms with E-state index in [9.17, 15) is 31.9 Å². The molecule has 4 aromatic rings. The molecule has 1 fully saturated rings. The fourth-order valence-corrected chi connectivity index (χ4v) is 4.79. The van der Waals surface area contributed by atoms with Gasteiger partial charge in [0, 0.05) is 33.1 Å². The fourth-order valence-electron chi connectivity index (χ4n) is 4.56. The molecule has 0 bridgehead atoms. The summed E-state index contributed by atoms with van der Waals surface area (Å²) in [6.07, 6.45) is 0.929. The molecule has 38 heavy (non-hydrogen) atoms. The van der Waals surface area contributed by atoms with Crippen LogP contribution in [0.25, 0.3) is 10.9 Å². The summed E-state index contributed by atoms with van der Waals surface area (Å²) in [6.45, 7) is -1.50. The van der Waals surface area contributed by atoms with Crippen LogP contribution in [0.15, 0.2) is 38.9 Å². The number of rotatable bonds is 5. The van der Waals surface area contributed by atoms with E-state index in [0.717, 1.165) is 25.8 Å². The summed E-state index contributed by atoms with van der Waals surface area (Å²) in [7, 11) is 2.92. The lowest BCUT2D eigenvalue weighted by atomic mass is 10.2. The maximum Gasteiger partial charge on any atom is 0.332 e. The lowest BCUT2D eigenvalue weighted by Gasteiger charge is -2.23. The topological polar surface area (TPSA) is 100.0 Å². The third-order valence-corrected chi connectivity index (χ3v) is 6.70. The van der Waals surface area contributed by atoms with Crippen molar-refractivity contribution in [1.82, 2.24) is 28.5 Å². The summed E-state index contributed by atoms with van der Waals surface area (Å²) < 4.78 is 60.0. The normalized spacial score (nSPS) is 15.1. The van der Waals surface area contributed by atoms with Gasteiger partial charge in [-0.25, -0.2) is 27.3 Å². The zero-order valence-corrected chi connectivity index (χ0v) is 20.8. The fraction of sp³-hybridized carbons (Fsp3) is 0.348. The molecule has 0 spiro atoms. The maximum atomic E-state index is 14.1. The molecule has 0 radical (unpaired) electrons. The van der Waals surface area contributed by atoms with Crippen molar-refractivity contribution in [1.29, 1.82) is 0 Å². The molecule has 1 aliphatic heterocycles. The van der Waals surface area contributed by atoms with Gasteiger partial charge in [-0.1, -0.05) is 11.6 Å². The van der Waals surface area contributed by atoms with Crippen LogP contribution in [0.2, 0.25) is 5.02 Å². The first kappa shape index (κ1) is 25.7. The number of fused-ring (bicyclic) bond motifs is 1. The number of pyridine rings is 1. The van der Waals surface area contributed by atoms with Gasteiger partial charge >= 0.3 is 5.69 Å². The summed E-state index contributed by atoms with van der Waals surface area (Å²) in [4.78, 5) is 45.8. The van der Waals surface area contributed by atoms with Crippen molar-refractivity contribution in [2.24, 2.45) is 14.1 Å². The number of hydrogen-bond donors (Lipinski definition) is 0. The Balaban J connectivity index is 1.78. The number of aromatic nitrogens is 6. The lowest BCUT2D eigenvalue weighted by molar-refractivity contribution is 0.0256. The number of alkyl halides is 2. The first-order valence-electron chi connectivity index (χ1n) is 11.3. The second-order valence-electron chi connectivity index (χ2n) is 9.12. The van der Waals surface area contributed by atoms with E-state index in [1.165, 1.54) is 29.0 Å². The molecule has 1 aliphatic rings. The van der Waals surface area contributed by atoms with E-state index in [-0.39, 0.29) is 35.8 Å². The molecular weight excluding hydrogens is 534 g/mol. The zero-order chi connectivity index (χ0) is 27.5. The SMILES string of the molecule is Cn1cnc(Cn2c(=O)c3c(=O)n(C)c(N4CCC(F)(F)C4)cc3n(Cc3cc(F)c(F)c(Cl)c3)c2=O)n1. The molecule has 4 heterocycles. The van der Waals surface area contributed by atoms with Gasteiger partial charge in [0.1, 0.15) is 17.5 Å². The summed E-state index contributed by atoms with van der Waals surface area (Å²) in [5.74, 6) is -5.33. The monoisotopic (exact) mass is 553 g/mol. The predicted octanol–water partition coefficient (Wildman–Crippen LogP) is 1.86. The number of anilines is 1. The van der Waals surface area contributed by atoms with Crippen LogP contribution < -0.4 is 21.7 Å². The number of halogens is 5. The van der Waals surface area contributed by atoms with Crippen molar-refractivity contribution < 1.29 is 17.6 Å². The van der Waals surface area contributed by atoms with Crippen molar-refractivity contribution in [3.05, 3.63) is 83.8 Å². The van der Waals surface area contributed by atoms with Gasteiger partial charge in [0.15, 0.2) is 17.5 Å². The summed E-state index contributed by atoms with van der Waals surface area (Å²) in [6, 6.07) is 3.24. The van der Waals surface area contributed by atoms with Crippen LogP contribution in [0.1, 0.15) is 17.8 Å². The van der Waals surface area contributed by atoms with Crippen molar-refractivity contribution in [2.75, 3.05) is 18.0 Å². The molecule has 0 saturated carbocycles. The van der Waals surface area contributed by atoms with Gasteiger partial charge in [0.25, 0.3) is 17.0 Å². The Kier molecular flexibility index (Phi) is 6.16. The van der Waals surface area contributed by atoms with E-state index in [4.69, 9.17) is 11.6 Å². The van der Waals surface area contributed by atoms with E-state index >= 15 is 0 Å². The third kappa shape index (κ3) is 4.38. The molecule has 3 aromatic heterocycles. The van der Waals surface area contributed by atoms with E-state index in [1.54, 1.807) is 7.05 Å². The lowest BCUT2D eigenvalue weighted by Crippen LogP contribution is -2.44. The molecule has 0 atom stereocenters. The van der Waals surface area contributed by atoms with Gasteiger partial charge in [-0.2, -0.15) is 5.10 Å². The van der Waals surface area contributed by atoms with Crippen LogP contribution in [-0.4, -0.2) is 47.5 Å². The van der Waals surface area contributed by atoms with Gasteiger partial charge in [0.05, 0.1) is 30.2 Å². The Morgan fingerprint density at radius 2 is 1.76 bits per heavy atom. The standard InChI is InChI=1S/C23H20ClF4N7O3/c1-31-11-29-16(30-31)9-35-21(37)18-15(7-17(32(2)20(18)36)33-4-3-23(27,28)10-33)34(22(35)38)8-12-5-13(24)19(26)14(25)6-12/h5-7,11H,3-4,8-10H2,1-2H3. The summed E-state index contributed by atoms with van der Waals surface area (Å²) >= 11 is 5.79. The molecule has 0 N–H and O–H groups in total. The Morgan fingerprint density at radius 3 is 2.37 bits per heavy atom. The minimum Gasteiger partial charge on any atom is -0.352 e. The average Bonchev–Trinajstić information content (AvgIpc) is 3.43. The first-order valence-corrected chi connectivity index (χ1v) is 11.7. The van der Waals surface area contributed by atoms with E-state index in [2.05, 4.69) is 10.1 Å². The summed E-state index contributed by atoms with van der Waals surface area (Å²) in [5.41, 5.74) is -2.75. The molecule has 1 aromatic carbocycles. The van der Waals surface area contributed by atoms with E-state index in [1.807, 2.05) is 0 Å². The van der Waals surface area contributed by atoms with Gasteiger partial charge in [-0.05, 0) is 17.7 Å². The number of aryl methyl sites for hydroxylation is 1. The number of hydrogen-bond acceptors (Lipinski definition) is 6. The van der Waals surface area contributed by atoms with Crippen molar-refractivity contribution in [3.8, 4) is 0 Å². The Labute approximate surface area is 215 Å². The van der Waals surface area contributed by atoms with Gasteiger partial charge < -0.3 is 4.90 Å². The number of benzene rings is 1. The van der Waals surface area contributed by atoms with Crippen molar-refractivity contribution >= 4 is 28.3 Å². The second kappa shape index (κ2) is 9.11. The molecule has 0 unspecified atom stereocenters. The molecule has 15 heteroatoms. The molecule has 200 valence electrons. The van der Waals surface area contributed by atoms with Crippen LogP contribution in [0.3, 0.4) is 0 Å². The van der Waals surface area contributed by atoms with Crippen molar-refractivity contribution in [2.45, 2.75) is 25.4 Å². The van der Waals surface area contributed by atoms with Crippen LogP contribution in [0, 0.1) is 11.6 Å². The molecule has 0 aliphatic carbocycles. The Hall–Kier alpha value is -3.94. The van der Waals surface area contributed by atoms with E-state index < -0.39 is 64.3 Å². The van der Waals surface area contributed by atoms with Crippen LogP contribution in [0.5, 0.6) is 0 Å². The maximum absolute atomic E-state index is 14.1. The highest BCUT2D eigenvalue weighted by Gasteiger charge is 2.39. The highest BCUT2D eigenvalue weighted by Crippen LogP contribution is 2.31. The van der Waals surface area contributed by atoms with Gasteiger partial charge in [-0.3, -0.25) is 28.0 Å². The molecule has 5 rings (SSSR count). The molecule has 1 saturated heterocycles. The quantitative estimate of drug-likeness (QED) is 0.276. The van der Waals surface area contributed by atoms with Crippen LogP contribution in [0.4, 0.5) is 23.4 Å².